The van der Waals surface area contributed by atoms with Crippen molar-refractivity contribution < 1.29 is 19.4 Å². The standard InChI is InChI=1S/C11H20N2O4/c1-6(11(15)16)7(2)13-10(14)9-4-3-8(5-12)17-9/h6-9H,3-5,12H2,1-2H3,(H,13,14)(H,15,16). The second-order valence-electron chi connectivity index (χ2n) is 4.48. The minimum atomic E-state index is -0.926. The van der Waals surface area contributed by atoms with Crippen LogP contribution in [-0.2, 0) is 14.3 Å². The Hall–Kier alpha value is -1.14. The predicted molar refractivity (Wildman–Crippen MR) is 61.4 cm³/mol. The van der Waals surface area contributed by atoms with Crippen LogP contribution in [0.5, 0.6) is 0 Å². The molecule has 4 unspecified atom stereocenters. The maximum absolute atomic E-state index is 11.8. The van der Waals surface area contributed by atoms with Gasteiger partial charge in [-0.25, -0.2) is 0 Å². The van der Waals surface area contributed by atoms with E-state index in [1.54, 1.807) is 13.8 Å². The van der Waals surface area contributed by atoms with Gasteiger partial charge in [0.15, 0.2) is 0 Å². The molecule has 6 heteroatoms. The van der Waals surface area contributed by atoms with Crippen LogP contribution in [-0.4, -0.2) is 41.8 Å². The highest BCUT2D eigenvalue weighted by molar-refractivity contribution is 5.82. The number of hydrogen-bond acceptors (Lipinski definition) is 4. The first-order chi connectivity index (χ1) is 7.95. The summed E-state index contributed by atoms with van der Waals surface area (Å²) in [5.41, 5.74) is 5.45. The van der Waals surface area contributed by atoms with Gasteiger partial charge in [0, 0.05) is 12.6 Å². The normalized spacial score (nSPS) is 27.5. The highest BCUT2D eigenvalue weighted by Gasteiger charge is 2.31. The Balaban J connectivity index is 2.42. The Morgan fingerprint density at radius 3 is 2.59 bits per heavy atom. The molecule has 0 radical (unpaired) electrons. The quantitative estimate of drug-likeness (QED) is 0.617. The molecule has 4 atom stereocenters. The zero-order valence-electron chi connectivity index (χ0n) is 10.2. The number of carbonyl (C=O) groups is 2. The Labute approximate surface area is 101 Å². The molecule has 1 amide bonds. The van der Waals surface area contributed by atoms with E-state index in [1.165, 1.54) is 0 Å². The summed E-state index contributed by atoms with van der Waals surface area (Å²) in [6.07, 6.45) is 0.865. The topological polar surface area (TPSA) is 102 Å². The fourth-order valence-electron chi connectivity index (χ4n) is 1.73. The Morgan fingerprint density at radius 1 is 1.47 bits per heavy atom. The maximum atomic E-state index is 11.8. The fraction of sp³-hybridized carbons (Fsp3) is 0.818. The van der Waals surface area contributed by atoms with Crippen LogP contribution >= 0.6 is 0 Å². The molecule has 6 nitrogen and oxygen atoms in total. The summed E-state index contributed by atoms with van der Waals surface area (Å²) in [5, 5.41) is 11.5. The molecule has 0 bridgehead atoms. The van der Waals surface area contributed by atoms with Crippen molar-refractivity contribution >= 4 is 11.9 Å². The highest BCUT2D eigenvalue weighted by Crippen LogP contribution is 2.19. The van der Waals surface area contributed by atoms with Gasteiger partial charge >= 0.3 is 5.97 Å². The molecule has 1 rings (SSSR count). The van der Waals surface area contributed by atoms with Gasteiger partial charge in [-0.15, -0.1) is 0 Å². The Morgan fingerprint density at radius 2 is 2.12 bits per heavy atom. The molecule has 0 aromatic rings. The first-order valence-electron chi connectivity index (χ1n) is 5.84. The van der Waals surface area contributed by atoms with Crippen LogP contribution < -0.4 is 11.1 Å². The monoisotopic (exact) mass is 244 g/mol. The molecule has 1 aliphatic rings. The molecule has 0 aliphatic carbocycles. The second kappa shape index (κ2) is 5.97. The summed E-state index contributed by atoms with van der Waals surface area (Å²) in [5.74, 6) is -1.79. The molecule has 0 spiro atoms. The third kappa shape index (κ3) is 3.67. The zero-order chi connectivity index (χ0) is 13.0. The van der Waals surface area contributed by atoms with Gasteiger partial charge in [-0.05, 0) is 26.7 Å². The van der Waals surface area contributed by atoms with E-state index < -0.39 is 24.0 Å². The summed E-state index contributed by atoms with van der Waals surface area (Å²) in [6.45, 7) is 3.64. The van der Waals surface area contributed by atoms with E-state index >= 15 is 0 Å². The maximum Gasteiger partial charge on any atom is 0.308 e. The number of nitrogens with two attached hydrogens (primary N) is 1. The third-order valence-electron chi connectivity index (χ3n) is 3.17. The van der Waals surface area contributed by atoms with E-state index in [4.69, 9.17) is 15.6 Å². The number of ether oxygens (including phenoxy) is 1. The molecule has 4 N–H and O–H groups in total. The van der Waals surface area contributed by atoms with Gasteiger partial charge < -0.3 is 20.9 Å². The van der Waals surface area contributed by atoms with Gasteiger partial charge in [0.05, 0.1) is 12.0 Å². The molecule has 17 heavy (non-hydrogen) atoms. The average Bonchev–Trinajstić information content (AvgIpc) is 2.76. The van der Waals surface area contributed by atoms with E-state index in [0.717, 1.165) is 6.42 Å². The summed E-state index contributed by atoms with van der Waals surface area (Å²) >= 11 is 0. The van der Waals surface area contributed by atoms with Crippen LogP contribution in [0.4, 0.5) is 0 Å². The summed E-state index contributed by atoms with van der Waals surface area (Å²) < 4.78 is 5.43. The Bertz CT molecular complexity index is 295. The smallest absolute Gasteiger partial charge is 0.308 e. The molecule has 1 heterocycles. The van der Waals surface area contributed by atoms with E-state index in [9.17, 15) is 9.59 Å². The number of aliphatic carboxylic acids is 1. The van der Waals surface area contributed by atoms with Crippen LogP contribution in [0.2, 0.25) is 0 Å². The van der Waals surface area contributed by atoms with Crippen molar-refractivity contribution in [2.45, 2.75) is 44.9 Å². The first-order valence-corrected chi connectivity index (χ1v) is 5.84. The van der Waals surface area contributed by atoms with E-state index in [-0.39, 0.29) is 12.0 Å². The van der Waals surface area contributed by atoms with Crippen LogP contribution in [0.25, 0.3) is 0 Å². The van der Waals surface area contributed by atoms with Crippen molar-refractivity contribution in [2.75, 3.05) is 6.54 Å². The molecule has 1 aliphatic heterocycles. The molecule has 98 valence electrons. The van der Waals surface area contributed by atoms with Crippen molar-refractivity contribution in [3.8, 4) is 0 Å². The largest absolute Gasteiger partial charge is 0.481 e. The average molecular weight is 244 g/mol. The number of rotatable bonds is 5. The molecule has 0 aromatic heterocycles. The number of carboxylic acid groups (broad SMARTS) is 1. The minimum absolute atomic E-state index is 0.0575. The molecular weight excluding hydrogens is 224 g/mol. The van der Waals surface area contributed by atoms with Gasteiger partial charge in [0.1, 0.15) is 6.10 Å². The number of nitrogens with one attached hydrogen (secondary N) is 1. The van der Waals surface area contributed by atoms with Crippen molar-refractivity contribution in [2.24, 2.45) is 11.7 Å². The summed E-state index contributed by atoms with van der Waals surface area (Å²) in [7, 11) is 0. The summed E-state index contributed by atoms with van der Waals surface area (Å²) in [4.78, 5) is 22.5. The SMILES string of the molecule is CC(NC(=O)C1CCC(CN)O1)C(C)C(=O)O. The van der Waals surface area contributed by atoms with Crippen LogP contribution in [0.1, 0.15) is 26.7 Å². The molecule has 1 saturated heterocycles. The van der Waals surface area contributed by atoms with Gasteiger partial charge in [-0.1, -0.05) is 0 Å². The molecule has 0 aromatic carbocycles. The fourth-order valence-corrected chi connectivity index (χ4v) is 1.73. The van der Waals surface area contributed by atoms with E-state index in [0.29, 0.717) is 13.0 Å². The molecule has 0 saturated carbocycles. The van der Waals surface area contributed by atoms with Gasteiger partial charge in [-0.2, -0.15) is 0 Å². The lowest BCUT2D eigenvalue weighted by Gasteiger charge is -2.20. The van der Waals surface area contributed by atoms with Crippen LogP contribution in [0, 0.1) is 5.92 Å². The molecule has 1 fully saturated rings. The number of carboxylic acids is 1. The second-order valence-corrected chi connectivity index (χ2v) is 4.48. The number of amides is 1. The van der Waals surface area contributed by atoms with Gasteiger partial charge in [0.2, 0.25) is 5.91 Å². The third-order valence-corrected chi connectivity index (χ3v) is 3.17. The lowest BCUT2D eigenvalue weighted by atomic mass is 10.0. The van der Waals surface area contributed by atoms with Crippen molar-refractivity contribution in [3.63, 3.8) is 0 Å². The van der Waals surface area contributed by atoms with Crippen molar-refractivity contribution in [3.05, 3.63) is 0 Å². The first kappa shape index (κ1) is 13.9. The Kier molecular flexibility index (Phi) is 4.89. The van der Waals surface area contributed by atoms with Gasteiger partial charge in [0.25, 0.3) is 0 Å². The zero-order valence-corrected chi connectivity index (χ0v) is 10.2. The summed E-state index contributed by atoms with van der Waals surface area (Å²) in [6, 6.07) is -0.416. The van der Waals surface area contributed by atoms with Crippen molar-refractivity contribution in [1.29, 1.82) is 0 Å². The van der Waals surface area contributed by atoms with Crippen molar-refractivity contribution in [1.82, 2.24) is 5.32 Å². The minimum Gasteiger partial charge on any atom is -0.481 e. The van der Waals surface area contributed by atoms with E-state index in [1.807, 2.05) is 0 Å². The lowest BCUT2D eigenvalue weighted by Crippen LogP contribution is -2.44. The van der Waals surface area contributed by atoms with Crippen LogP contribution in [0.3, 0.4) is 0 Å². The molecular formula is C11H20N2O4. The van der Waals surface area contributed by atoms with E-state index in [2.05, 4.69) is 5.32 Å². The lowest BCUT2D eigenvalue weighted by molar-refractivity contribution is -0.142. The number of hydrogen-bond donors (Lipinski definition) is 3. The van der Waals surface area contributed by atoms with Gasteiger partial charge in [-0.3, -0.25) is 9.59 Å². The highest BCUT2D eigenvalue weighted by atomic mass is 16.5. The predicted octanol–water partition coefficient (Wildman–Crippen LogP) is -0.282. The van der Waals surface area contributed by atoms with Crippen LogP contribution in [0.15, 0.2) is 0 Å². The number of carbonyl (C=O) groups excluding carboxylic acids is 1.